The number of nitrogens with one attached hydrogen (secondary N) is 1. The van der Waals surface area contributed by atoms with Crippen LogP contribution in [0.15, 0.2) is 30.3 Å². The Morgan fingerprint density at radius 1 is 0.781 bits per heavy atom. The second-order valence-corrected chi connectivity index (χ2v) is 9.23. The molecule has 3 atom stereocenters. The highest BCUT2D eigenvalue weighted by Crippen LogP contribution is 2.37. The average Bonchev–Trinajstić information content (AvgIpc) is 2.88. The zero-order chi connectivity index (χ0) is 22.5. The number of piperazine rings is 1. The van der Waals surface area contributed by atoms with Crippen LogP contribution in [0.4, 0.5) is 5.69 Å². The molecule has 8 heteroatoms. The number of piperidine rings is 1. The highest BCUT2D eigenvalue weighted by molar-refractivity contribution is 5.89. The molecule has 3 fully saturated rings. The molecule has 0 radical (unpaired) electrons. The quantitative estimate of drug-likeness (QED) is 0.549. The molecule has 0 spiro atoms. The molecule has 8 nitrogen and oxygen atoms in total. The number of benzene rings is 1. The maximum Gasteiger partial charge on any atom is 0.247 e. The van der Waals surface area contributed by atoms with Crippen LogP contribution < -0.4 is 10.4 Å². The van der Waals surface area contributed by atoms with Crippen molar-refractivity contribution in [3.63, 3.8) is 0 Å². The number of hydrogen-bond donors (Lipinski definition) is 2. The van der Waals surface area contributed by atoms with Gasteiger partial charge in [0, 0.05) is 56.8 Å². The van der Waals surface area contributed by atoms with Gasteiger partial charge in [-0.25, -0.2) is 5.48 Å². The van der Waals surface area contributed by atoms with Crippen molar-refractivity contribution in [2.45, 2.75) is 38.5 Å². The highest BCUT2D eigenvalue weighted by atomic mass is 16.5. The first-order valence-corrected chi connectivity index (χ1v) is 11.9. The Morgan fingerprint density at radius 3 is 2.09 bits per heavy atom. The number of nitrogens with zero attached hydrogens (tertiary/aromatic N) is 3. The maximum absolute atomic E-state index is 13.4. The standard InChI is InChI=1S/C24H34N4O4/c29-22(25-32)21-17-18(23(30)27-11-5-2-6-12-27)9-10-20(21)24(31)28-15-13-26(14-16-28)19-7-3-1-4-8-19/h1,3-4,7-8,18,20-21,32H,2,5-6,9-17H2,(H,25,29). The van der Waals surface area contributed by atoms with E-state index in [1.54, 1.807) is 5.48 Å². The van der Waals surface area contributed by atoms with Crippen molar-refractivity contribution in [2.75, 3.05) is 44.2 Å². The minimum absolute atomic E-state index is 0.0322. The van der Waals surface area contributed by atoms with Crippen LogP contribution in [0.1, 0.15) is 38.5 Å². The van der Waals surface area contributed by atoms with E-state index in [1.807, 2.05) is 28.0 Å². The minimum atomic E-state index is -0.674. The summed E-state index contributed by atoms with van der Waals surface area (Å²) in [6, 6.07) is 10.1. The Balaban J connectivity index is 1.38. The maximum atomic E-state index is 13.4. The Kier molecular flexibility index (Phi) is 7.29. The molecule has 4 rings (SSSR count). The lowest BCUT2D eigenvalue weighted by Gasteiger charge is -2.41. The van der Waals surface area contributed by atoms with Crippen LogP contribution in [0.25, 0.3) is 0 Å². The van der Waals surface area contributed by atoms with Crippen LogP contribution in [-0.4, -0.2) is 72.0 Å². The van der Waals surface area contributed by atoms with Crippen LogP contribution in [0.3, 0.4) is 0 Å². The van der Waals surface area contributed by atoms with Crippen molar-refractivity contribution in [2.24, 2.45) is 17.8 Å². The molecule has 0 bridgehead atoms. The summed E-state index contributed by atoms with van der Waals surface area (Å²) in [5.41, 5.74) is 2.89. The second-order valence-electron chi connectivity index (χ2n) is 9.23. The van der Waals surface area contributed by atoms with Crippen molar-refractivity contribution in [3.05, 3.63) is 30.3 Å². The first-order chi connectivity index (χ1) is 15.6. The van der Waals surface area contributed by atoms with Crippen LogP contribution in [0, 0.1) is 17.8 Å². The van der Waals surface area contributed by atoms with E-state index < -0.39 is 17.7 Å². The fraction of sp³-hybridized carbons (Fsp3) is 0.625. The molecule has 1 saturated carbocycles. The summed E-state index contributed by atoms with van der Waals surface area (Å²) in [7, 11) is 0. The zero-order valence-corrected chi connectivity index (χ0v) is 18.6. The van der Waals surface area contributed by atoms with Gasteiger partial charge in [-0.3, -0.25) is 19.6 Å². The lowest BCUT2D eigenvalue weighted by atomic mass is 9.72. The van der Waals surface area contributed by atoms with E-state index in [0.717, 1.165) is 51.1 Å². The number of hydrogen-bond acceptors (Lipinski definition) is 5. The fourth-order valence-corrected chi connectivity index (χ4v) is 5.49. The third-order valence-corrected chi connectivity index (χ3v) is 7.34. The minimum Gasteiger partial charge on any atom is -0.368 e. The van der Waals surface area contributed by atoms with Crippen molar-refractivity contribution in [1.29, 1.82) is 0 Å². The summed E-state index contributed by atoms with van der Waals surface area (Å²) in [4.78, 5) is 44.8. The monoisotopic (exact) mass is 442 g/mol. The molecule has 3 aliphatic rings. The van der Waals surface area contributed by atoms with E-state index in [9.17, 15) is 19.6 Å². The van der Waals surface area contributed by atoms with Crippen LogP contribution in [0.5, 0.6) is 0 Å². The van der Waals surface area contributed by atoms with E-state index in [4.69, 9.17) is 0 Å². The van der Waals surface area contributed by atoms with E-state index in [1.165, 1.54) is 0 Å². The van der Waals surface area contributed by atoms with Gasteiger partial charge in [0.25, 0.3) is 0 Å². The van der Waals surface area contributed by atoms with Crippen molar-refractivity contribution in [1.82, 2.24) is 15.3 Å². The average molecular weight is 443 g/mol. The van der Waals surface area contributed by atoms with Crippen molar-refractivity contribution in [3.8, 4) is 0 Å². The van der Waals surface area contributed by atoms with Gasteiger partial charge in [-0.1, -0.05) is 18.2 Å². The van der Waals surface area contributed by atoms with Gasteiger partial charge in [-0.05, 0) is 50.7 Å². The first kappa shape index (κ1) is 22.6. The van der Waals surface area contributed by atoms with E-state index in [0.29, 0.717) is 32.4 Å². The van der Waals surface area contributed by atoms with Gasteiger partial charge in [-0.2, -0.15) is 0 Å². The highest BCUT2D eigenvalue weighted by Gasteiger charge is 2.44. The van der Waals surface area contributed by atoms with Gasteiger partial charge < -0.3 is 14.7 Å². The molecular weight excluding hydrogens is 408 g/mol. The van der Waals surface area contributed by atoms with Gasteiger partial charge >= 0.3 is 0 Å². The van der Waals surface area contributed by atoms with Gasteiger partial charge in [-0.15, -0.1) is 0 Å². The van der Waals surface area contributed by atoms with Crippen LogP contribution in [0.2, 0.25) is 0 Å². The number of likely N-dealkylation sites (tertiary alicyclic amines) is 1. The Hall–Kier alpha value is -2.61. The Labute approximate surface area is 189 Å². The van der Waals surface area contributed by atoms with Gasteiger partial charge in [0.1, 0.15) is 0 Å². The SMILES string of the molecule is O=C(NO)C1CC(C(=O)N2CCCCC2)CCC1C(=O)N1CCN(c2ccccc2)CC1. The largest absolute Gasteiger partial charge is 0.368 e. The topological polar surface area (TPSA) is 93.2 Å². The number of rotatable bonds is 4. The first-order valence-electron chi connectivity index (χ1n) is 11.9. The molecule has 1 aromatic rings. The molecule has 32 heavy (non-hydrogen) atoms. The van der Waals surface area contributed by atoms with Gasteiger partial charge in [0.05, 0.1) is 5.92 Å². The van der Waals surface area contributed by atoms with E-state index in [-0.39, 0.29) is 17.7 Å². The summed E-state index contributed by atoms with van der Waals surface area (Å²) in [6.45, 7) is 4.26. The number of hydroxylamine groups is 1. The molecule has 2 saturated heterocycles. The summed E-state index contributed by atoms with van der Waals surface area (Å²) in [5.74, 6) is -1.90. The van der Waals surface area contributed by atoms with Crippen molar-refractivity contribution >= 4 is 23.4 Å². The summed E-state index contributed by atoms with van der Waals surface area (Å²) < 4.78 is 0. The second kappa shape index (κ2) is 10.3. The smallest absolute Gasteiger partial charge is 0.247 e. The molecule has 174 valence electrons. The van der Waals surface area contributed by atoms with Crippen LogP contribution >= 0.6 is 0 Å². The molecule has 1 aromatic carbocycles. The number of anilines is 1. The van der Waals surface area contributed by atoms with E-state index in [2.05, 4.69) is 17.0 Å². The number of amides is 3. The third-order valence-electron chi connectivity index (χ3n) is 7.34. The van der Waals surface area contributed by atoms with E-state index >= 15 is 0 Å². The predicted molar refractivity (Wildman–Crippen MR) is 120 cm³/mol. The zero-order valence-electron chi connectivity index (χ0n) is 18.6. The fourth-order valence-electron chi connectivity index (χ4n) is 5.49. The molecular formula is C24H34N4O4. The molecule has 2 N–H and O–H groups in total. The summed E-state index contributed by atoms with van der Waals surface area (Å²) in [5, 5.41) is 9.30. The predicted octanol–water partition coefficient (Wildman–Crippen LogP) is 1.89. The van der Waals surface area contributed by atoms with Gasteiger partial charge in [0.2, 0.25) is 17.7 Å². The van der Waals surface area contributed by atoms with Crippen molar-refractivity contribution < 1.29 is 19.6 Å². The number of para-hydroxylation sites is 1. The third kappa shape index (κ3) is 4.90. The molecule has 1 aliphatic carbocycles. The Bertz CT molecular complexity index is 803. The normalized spacial score (nSPS) is 26.5. The molecule has 3 amide bonds. The number of carbonyl (C=O) groups is 3. The molecule has 2 heterocycles. The number of carbonyl (C=O) groups excluding carboxylic acids is 3. The molecule has 0 aromatic heterocycles. The summed E-state index contributed by atoms with van der Waals surface area (Å²) in [6.07, 6.45) is 4.63. The molecule has 3 unspecified atom stereocenters. The van der Waals surface area contributed by atoms with Crippen LogP contribution in [-0.2, 0) is 14.4 Å². The molecule has 2 aliphatic heterocycles. The lowest BCUT2D eigenvalue weighted by molar-refractivity contribution is -0.151. The Morgan fingerprint density at radius 2 is 1.44 bits per heavy atom. The van der Waals surface area contributed by atoms with Gasteiger partial charge in [0.15, 0.2) is 0 Å². The summed E-state index contributed by atoms with van der Waals surface area (Å²) >= 11 is 0. The lowest BCUT2D eigenvalue weighted by Crippen LogP contribution is -2.53.